The molecule has 1 N–H and O–H groups in total. The molecule has 0 aliphatic carbocycles. The summed E-state index contributed by atoms with van der Waals surface area (Å²) in [6, 6.07) is 8.10. The van der Waals surface area contributed by atoms with Crippen LogP contribution in [-0.2, 0) is 4.79 Å². The lowest BCUT2D eigenvalue weighted by Gasteiger charge is -2.32. The van der Waals surface area contributed by atoms with Crippen molar-refractivity contribution in [3.63, 3.8) is 0 Å². The molecule has 0 radical (unpaired) electrons. The van der Waals surface area contributed by atoms with Crippen molar-refractivity contribution in [3.05, 3.63) is 35.0 Å². The van der Waals surface area contributed by atoms with Gasteiger partial charge >= 0.3 is 0 Å². The second-order valence-electron chi connectivity index (χ2n) is 6.46. The fourth-order valence-corrected chi connectivity index (χ4v) is 3.73. The molecule has 4 rings (SSSR count). The quantitative estimate of drug-likeness (QED) is 0.766. The van der Waals surface area contributed by atoms with Gasteiger partial charge in [0.05, 0.1) is 11.2 Å². The highest BCUT2D eigenvalue weighted by molar-refractivity contribution is 6.34. The number of para-hydroxylation sites is 1. The second-order valence-corrected chi connectivity index (χ2v) is 6.84. The fourth-order valence-electron chi connectivity index (χ4n) is 3.57. The minimum absolute atomic E-state index is 0.0806. The lowest BCUT2D eigenvalue weighted by Crippen LogP contribution is -2.40. The number of carbonyl (C=O) groups is 1. The van der Waals surface area contributed by atoms with E-state index in [0.717, 1.165) is 48.3 Å². The molecule has 0 bridgehead atoms. The number of nitrogens with zero attached hydrogens (tertiary/aromatic N) is 4. The Balaban J connectivity index is 1.79. The molecule has 1 aliphatic rings. The normalized spacial score (nSPS) is 15.9. The minimum atomic E-state index is 0.0806. The van der Waals surface area contributed by atoms with E-state index in [1.54, 1.807) is 7.05 Å². The van der Waals surface area contributed by atoms with Gasteiger partial charge in [0.25, 0.3) is 0 Å². The van der Waals surface area contributed by atoms with Gasteiger partial charge in [-0.1, -0.05) is 23.7 Å². The van der Waals surface area contributed by atoms with Gasteiger partial charge in [0.2, 0.25) is 5.91 Å². The standard InChI is InChI=1S/C18H20ClN5O/c1-11-15(19)17-21-16(13-5-3-4-6-14(13)24(17)22-11)23-9-7-12(8-10-23)18(25)20-2/h3-6,12H,7-10H2,1-2H3,(H,20,25). The predicted molar refractivity (Wildman–Crippen MR) is 99.2 cm³/mol. The molecule has 3 aromatic rings. The number of fused-ring (bicyclic) bond motifs is 3. The van der Waals surface area contributed by atoms with Crippen LogP contribution < -0.4 is 10.2 Å². The molecule has 0 atom stereocenters. The fraction of sp³-hybridized carbons (Fsp3) is 0.389. The molecule has 0 spiro atoms. The van der Waals surface area contributed by atoms with Gasteiger partial charge in [-0.2, -0.15) is 5.10 Å². The summed E-state index contributed by atoms with van der Waals surface area (Å²) in [6.07, 6.45) is 1.65. The number of benzene rings is 1. The first kappa shape index (κ1) is 16.1. The van der Waals surface area contributed by atoms with Crippen LogP contribution in [0.1, 0.15) is 18.5 Å². The molecule has 1 saturated heterocycles. The van der Waals surface area contributed by atoms with Crippen molar-refractivity contribution in [3.8, 4) is 0 Å². The molecule has 130 valence electrons. The van der Waals surface area contributed by atoms with Crippen molar-refractivity contribution in [1.29, 1.82) is 0 Å². The second kappa shape index (κ2) is 6.19. The van der Waals surface area contributed by atoms with Crippen molar-refractivity contribution in [2.75, 3.05) is 25.0 Å². The van der Waals surface area contributed by atoms with Gasteiger partial charge in [-0.05, 0) is 31.9 Å². The van der Waals surface area contributed by atoms with E-state index in [2.05, 4.69) is 21.4 Å². The highest BCUT2D eigenvalue weighted by atomic mass is 35.5. The maximum Gasteiger partial charge on any atom is 0.222 e. The van der Waals surface area contributed by atoms with Gasteiger partial charge in [-0.15, -0.1) is 0 Å². The summed E-state index contributed by atoms with van der Waals surface area (Å²) in [5.41, 5.74) is 2.45. The Bertz CT molecular complexity index is 959. The van der Waals surface area contributed by atoms with Crippen LogP contribution in [0.15, 0.2) is 24.3 Å². The van der Waals surface area contributed by atoms with Crippen molar-refractivity contribution in [2.45, 2.75) is 19.8 Å². The summed E-state index contributed by atoms with van der Waals surface area (Å²) in [7, 11) is 1.70. The third-order valence-corrected chi connectivity index (χ3v) is 5.40. The molecule has 1 aromatic carbocycles. The smallest absolute Gasteiger partial charge is 0.222 e. The Labute approximate surface area is 150 Å². The monoisotopic (exact) mass is 357 g/mol. The lowest BCUT2D eigenvalue weighted by atomic mass is 9.96. The van der Waals surface area contributed by atoms with Gasteiger partial charge in [0.1, 0.15) is 10.8 Å². The number of amides is 1. The molecular formula is C18H20ClN5O. The molecule has 1 fully saturated rings. The van der Waals surface area contributed by atoms with E-state index in [-0.39, 0.29) is 11.8 Å². The molecule has 0 saturated carbocycles. The number of rotatable bonds is 2. The summed E-state index contributed by atoms with van der Waals surface area (Å²) in [5, 5.41) is 8.91. The van der Waals surface area contributed by atoms with Crippen LogP contribution in [0.25, 0.3) is 16.6 Å². The zero-order chi connectivity index (χ0) is 17.6. The number of carbonyl (C=O) groups excluding carboxylic acids is 1. The van der Waals surface area contributed by atoms with Crippen LogP contribution in [0.4, 0.5) is 5.82 Å². The van der Waals surface area contributed by atoms with Crippen LogP contribution >= 0.6 is 11.6 Å². The Morgan fingerprint density at radius 3 is 2.72 bits per heavy atom. The lowest BCUT2D eigenvalue weighted by molar-refractivity contribution is -0.125. The average Bonchev–Trinajstić information content (AvgIpc) is 2.95. The van der Waals surface area contributed by atoms with E-state index in [0.29, 0.717) is 10.7 Å². The van der Waals surface area contributed by atoms with E-state index in [9.17, 15) is 4.79 Å². The summed E-state index contributed by atoms with van der Waals surface area (Å²) >= 11 is 6.42. The van der Waals surface area contributed by atoms with Crippen molar-refractivity contribution >= 4 is 39.9 Å². The van der Waals surface area contributed by atoms with E-state index < -0.39 is 0 Å². The van der Waals surface area contributed by atoms with Crippen molar-refractivity contribution < 1.29 is 4.79 Å². The zero-order valence-corrected chi connectivity index (χ0v) is 15.0. The minimum Gasteiger partial charge on any atom is -0.359 e. The Morgan fingerprint density at radius 1 is 1.28 bits per heavy atom. The first-order valence-electron chi connectivity index (χ1n) is 8.50. The Hall–Kier alpha value is -2.34. The molecule has 3 heterocycles. The number of halogens is 1. The third kappa shape index (κ3) is 2.61. The molecule has 1 aliphatic heterocycles. The summed E-state index contributed by atoms with van der Waals surface area (Å²) in [4.78, 5) is 19.0. The summed E-state index contributed by atoms with van der Waals surface area (Å²) in [5.74, 6) is 1.12. The van der Waals surface area contributed by atoms with E-state index in [1.165, 1.54) is 0 Å². The largest absolute Gasteiger partial charge is 0.359 e. The van der Waals surface area contributed by atoms with E-state index in [4.69, 9.17) is 16.6 Å². The molecular weight excluding hydrogens is 338 g/mol. The molecule has 7 heteroatoms. The first-order chi connectivity index (χ1) is 12.1. The number of hydrogen-bond acceptors (Lipinski definition) is 4. The summed E-state index contributed by atoms with van der Waals surface area (Å²) < 4.78 is 1.81. The highest BCUT2D eigenvalue weighted by Gasteiger charge is 2.26. The molecule has 1 amide bonds. The van der Waals surface area contributed by atoms with Gasteiger partial charge in [0, 0.05) is 31.4 Å². The van der Waals surface area contributed by atoms with Gasteiger partial charge < -0.3 is 10.2 Å². The number of aromatic nitrogens is 3. The Morgan fingerprint density at radius 2 is 2.00 bits per heavy atom. The van der Waals surface area contributed by atoms with Gasteiger partial charge in [0.15, 0.2) is 5.65 Å². The predicted octanol–water partition coefficient (Wildman–Crippen LogP) is 2.81. The van der Waals surface area contributed by atoms with E-state index in [1.807, 2.05) is 29.6 Å². The SMILES string of the molecule is CNC(=O)C1CCN(c2nc3c(Cl)c(C)nn3c3ccccc23)CC1. The van der Waals surface area contributed by atoms with Gasteiger partial charge in [-0.25, -0.2) is 9.50 Å². The number of anilines is 1. The molecule has 6 nitrogen and oxygen atoms in total. The van der Waals surface area contributed by atoms with E-state index >= 15 is 0 Å². The highest BCUT2D eigenvalue weighted by Crippen LogP contribution is 2.32. The van der Waals surface area contributed by atoms with Crippen LogP contribution in [-0.4, -0.2) is 40.6 Å². The summed E-state index contributed by atoms with van der Waals surface area (Å²) in [6.45, 7) is 3.49. The third-order valence-electron chi connectivity index (χ3n) is 4.96. The first-order valence-corrected chi connectivity index (χ1v) is 8.88. The molecule has 0 unspecified atom stereocenters. The maximum atomic E-state index is 11.9. The number of aryl methyl sites for hydroxylation is 1. The van der Waals surface area contributed by atoms with Crippen molar-refractivity contribution in [1.82, 2.24) is 19.9 Å². The van der Waals surface area contributed by atoms with Crippen LogP contribution in [0.5, 0.6) is 0 Å². The topological polar surface area (TPSA) is 62.5 Å². The number of piperidine rings is 1. The number of nitrogens with one attached hydrogen (secondary N) is 1. The molecule has 2 aromatic heterocycles. The molecule has 25 heavy (non-hydrogen) atoms. The van der Waals surface area contributed by atoms with Gasteiger partial charge in [-0.3, -0.25) is 4.79 Å². The van der Waals surface area contributed by atoms with Crippen LogP contribution in [0.3, 0.4) is 0 Å². The number of hydrogen-bond donors (Lipinski definition) is 1. The average molecular weight is 358 g/mol. The van der Waals surface area contributed by atoms with Crippen LogP contribution in [0, 0.1) is 12.8 Å². The Kier molecular flexibility index (Phi) is 4.00. The zero-order valence-electron chi connectivity index (χ0n) is 14.3. The van der Waals surface area contributed by atoms with Crippen LogP contribution in [0.2, 0.25) is 5.02 Å². The van der Waals surface area contributed by atoms with Crippen molar-refractivity contribution in [2.24, 2.45) is 5.92 Å². The maximum absolute atomic E-state index is 11.9.